The summed E-state index contributed by atoms with van der Waals surface area (Å²) >= 11 is 1.62. The van der Waals surface area contributed by atoms with Crippen molar-refractivity contribution < 1.29 is 4.42 Å². The summed E-state index contributed by atoms with van der Waals surface area (Å²) in [5.41, 5.74) is 4.84. The molecule has 0 radical (unpaired) electrons. The van der Waals surface area contributed by atoms with Crippen LogP contribution < -0.4 is 0 Å². The van der Waals surface area contributed by atoms with Gasteiger partial charge >= 0.3 is 0 Å². The van der Waals surface area contributed by atoms with Gasteiger partial charge in [0.25, 0.3) is 5.22 Å². The van der Waals surface area contributed by atoms with E-state index in [2.05, 4.69) is 29.9 Å². The van der Waals surface area contributed by atoms with Crippen LogP contribution in [0.15, 0.2) is 27.8 Å². The highest BCUT2D eigenvalue weighted by molar-refractivity contribution is 7.99. The number of pyridine rings is 1. The van der Waals surface area contributed by atoms with E-state index in [1.165, 1.54) is 5.56 Å². The smallest absolute Gasteiger partial charge is 0.256 e. The van der Waals surface area contributed by atoms with Crippen molar-refractivity contribution in [2.45, 2.75) is 26.0 Å². The third-order valence-electron chi connectivity index (χ3n) is 2.98. The van der Waals surface area contributed by atoms with E-state index in [-0.39, 0.29) is 0 Å². The molecule has 0 saturated heterocycles. The first-order chi connectivity index (χ1) is 8.70. The Bertz CT molecular complexity index is 733. The molecule has 0 aliphatic heterocycles. The molecular formula is C14H14N2OS. The van der Waals surface area contributed by atoms with Crippen molar-refractivity contribution in [3.63, 3.8) is 0 Å². The van der Waals surface area contributed by atoms with E-state index in [4.69, 9.17) is 4.42 Å². The van der Waals surface area contributed by atoms with Gasteiger partial charge in [-0.15, -0.1) is 0 Å². The highest BCUT2D eigenvalue weighted by Gasteiger charge is 2.14. The molecule has 0 amide bonds. The van der Waals surface area contributed by atoms with Crippen molar-refractivity contribution in [3.8, 4) is 0 Å². The van der Waals surface area contributed by atoms with Gasteiger partial charge in [0.15, 0.2) is 5.58 Å². The number of fused-ring (bicyclic) bond motifs is 3. The first-order valence-electron chi connectivity index (χ1n) is 6.00. The molecule has 0 bridgehead atoms. The zero-order valence-corrected chi connectivity index (χ0v) is 11.5. The van der Waals surface area contributed by atoms with Crippen LogP contribution in [0.4, 0.5) is 0 Å². The molecule has 0 N–H and O–H groups in total. The SMILES string of the molecule is CCSc1nc2c(C)nc3c(C)cccc3c2o1. The summed E-state index contributed by atoms with van der Waals surface area (Å²) in [4.78, 5) is 9.16. The number of aryl methyl sites for hydroxylation is 2. The molecule has 0 spiro atoms. The second kappa shape index (κ2) is 4.28. The molecule has 0 aliphatic rings. The van der Waals surface area contributed by atoms with Crippen LogP contribution in [0.5, 0.6) is 0 Å². The zero-order valence-electron chi connectivity index (χ0n) is 10.7. The van der Waals surface area contributed by atoms with Crippen molar-refractivity contribution in [2.75, 3.05) is 5.75 Å². The Morgan fingerprint density at radius 1 is 1.17 bits per heavy atom. The molecule has 2 aromatic heterocycles. The van der Waals surface area contributed by atoms with Crippen LogP contribution in [0.25, 0.3) is 22.0 Å². The van der Waals surface area contributed by atoms with E-state index in [1.54, 1.807) is 11.8 Å². The molecule has 0 atom stereocenters. The molecule has 92 valence electrons. The number of benzene rings is 1. The molecule has 3 rings (SSSR count). The molecule has 0 saturated carbocycles. The Morgan fingerprint density at radius 3 is 2.78 bits per heavy atom. The van der Waals surface area contributed by atoms with Gasteiger partial charge in [-0.3, -0.25) is 4.98 Å². The number of hydrogen-bond donors (Lipinski definition) is 0. The summed E-state index contributed by atoms with van der Waals surface area (Å²) < 4.78 is 5.87. The molecule has 3 aromatic rings. The summed E-state index contributed by atoms with van der Waals surface area (Å²) in [6.07, 6.45) is 0. The molecule has 0 aliphatic carbocycles. The van der Waals surface area contributed by atoms with Crippen LogP contribution in [-0.4, -0.2) is 15.7 Å². The molecule has 0 unspecified atom stereocenters. The summed E-state index contributed by atoms with van der Waals surface area (Å²) in [7, 11) is 0. The summed E-state index contributed by atoms with van der Waals surface area (Å²) in [6.45, 7) is 6.14. The Morgan fingerprint density at radius 2 is 2.00 bits per heavy atom. The Hall–Kier alpha value is -1.55. The lowest BCUT2D eigenvalue weighted by atomic mass is 10.1. The van der Waals surface area contributed by atoms with Crippen LogP contribution in [0, 0.1) is 13.8 Å². The second-order valence-corrected chi connectivity index (χ2v) is 5.47. The summed E-state index contributed by atoms with van der Waals surface area (Å²) in [5.74, 6) is 0.955. The van der Waals surface area contributed by atoms with Gasteiger partial charge < -0.3 is 4.42 Å². The van der Waals surface area contributed by atoms with Crippen LogP contribution >= 0.6 is 11.8 Å². The quantitative estimate of drug-likeness (QED) is 0.648. The third-order valence-corrected chi connectivity index (χ3v) is 3.69. The number of para-hydroxylation sites is 1. The van der Waals surface area contributed by atoms with Crippen molar-refractivity contribution in [1.29, 1.82) is 0 Å². The van der Waals surface area contributed by atoms with Gasteiger partial charge in [-0.2, -0.15) is 0 Å². The Kier molecular flexibility index (Phi) is 2.74. The predicted octanol–water partition coefficient (Wildman–Crippen LogP) is 4.10. The first kappa shape index (κ1) is 11.5. The fourth-order valence-electron chi connectivity index (χ4n) is 2.12. The third kappa shape index (κ3) is 1.68. The van der Waals surface area contributed by atoms with Gasteiger partial charge in [0.2, 0.25) is 0 Å². The number of aromatic nitrogens is 2. The van der Waals surface area contributed by atoms with E-state index < -0.39 is 0 Å². The van der Waals surface area contributed by atoms with Gasteiger partial charge in [-0.1, -0.05) is 30.8 Å². The molecule has 18 heavy (non-hydrogen) atoms. The highest BCUT2D eigenvalue weighted by Crippen LogP contribution is 2.31. The Labute approximate surface area is 110 Å². The number of oxazole rings is 1. The van der Waals surface area contributed by atoms with Gasteiger partial charge in [0.1, 0.15) is 5.52 Å². The fraction of sp³-hybridized carbons (Fsp3) is 0.286. The lowest BCUT2D eigenvalue weighted by Crippen LogP contribution is -1.88. The van der Waals surface area contributed by atoms with Crippen LogP contribution in [0.3, 0.4) is 0 Å². The van der Waals surface area contributed by atoms with E-state index in [9.17, 15) is 0 Å². The van der Waals surface area contributed by atoms with E-state index in [1.807, 2.05) is 19.1 Å². The number of hydrogen-bond acceptors (Lipinski definition) is 4. The molecule has 1 aromatic carbocycles. The molecular weight excluding hydrogens is 244 g/mol. The maximum atomic E-state index is 5.87. The second-order valence-electron chi connectivity index (χ2n) is 4.26. The fourth-order valence-corrected chi connectivity index (χ4v) is 2.67. The Balaban J connectivity index is 2.41. The number of nitrogens with zero attached hydrogens (tertiary/aromatic N) is 2. The molecule has 2 heterocycles. The zero-order chi connectivity index (χ0) is 12.7. The minimum absolute atomic E-state index is 0.728. The largest absolute Gasteiger partial charge is 0.431 e. The minimum atomic E-state index is 0.728. The monoisotopic (exact) mass is 258 g/mol. The van der Waals surface area contributed by atoms with Crippen molar-refractivity contribution in [1.82, 2.24) is 9.97 Å². The highest BCUT2D eigenvalue weighted by atomic mass is 32.2. The van der Waals surface area contributed by atoms with E-state index >= 15 is 0 Å². The van der Waals surface area contributed by atoms with Gasteiger partial charge in [-0.05, 0) is 31.2 Å². The average Bonchev–Trinajstić information content (AvgIpc) is 2.76. The number of rotatable bonds is 2. The van der Waals surface area contributed by atoms with E-state index in [0.717, 1.165) is 38.7 Å². The minimum Gasteiger partial charge on any atom is -0.431 e. The van der Waals surface area contributed by atoms with Crippen LogP contribution in [-0.2, 0) is 0 Å². The molecule has 3 nitrogen and oxygen atoms in total. The number of thioether (sulfide) groups is 1. The average molecular weight is 258 g/mol. The van der Waals surface area contributed by atoms with Gasteiger partial charge in [0, 0.05) is 5.39 Å². The van der Waals surface area contributed by atoms with Crippen LogP contribution in [0.2, 0.25) is 0 Å². The lowest BCUT2D eigenvalue weighted by Gasteiger charge is -2.02. The maximum absolute atomic E-state index is 5.87. The molecule has 0 fully saturated rings. The van der Waals surface area contributed by atoms with Crippen molar-refractivity contribution in [2.24, 2.45) is 0 Å². The standard InChI is InChI=1S/C14H14N2OS/c1-4-18-14-16-12-9(3)15-11-8(2)6-5-7-10(11)13(12)17-14/h5-7H,4H2,1-3H3. The summed E-state index contributed by atoms with van der Waals surface area (Å²) in [6, 6.07) is 6.14. The van der Waals surface area contributed by atoms with E-state index in [0.29, 0.717) is 0 Å². The topological polar surface area (TPSA) is 38.9 Å². The molecule has 4 heteroatoms. The maximum Gasteiger partial charge on any atom is 0.256 e. The first-order valence-corrected chi connectivity index (χ1v) is 6.98. The van der Waals surface area contributed by atoms with Crippen molar-refractivity contribution >= 4 is 33.8 Å². The van der Waals surface area contributed by atoms with Gasteiger partial charge in [-0.25, -0.2) is 4.98 Å². The summed E-state index contributed by atoms with van der Waals surface area (Å²) in [5, 5.41) is 1.78. The lowest BCUT2D eigenvalue weighted by molar-refractivity contribution is 0.492. The predicted molar refractivity (Wildman–Crippen MR) is 75.2 cm³/mol. The normalized spacial score (nSPS) is 11.5. The van der Waals surface area contributed by atoms with Crippen LogP contribution in [0.1, 0.15) is 18.2 Å². The van der Waals surface area contributed by atoms with Crippen molar-refractivity contribution in [3.05, 3.63) is 29.5 Å². The van der Waals surface area contributed by atoms with Gasteiger partial charge in [0.05, 0.1) is 11.2 Å².